The molecule has 0 unspecified atom stereocenters. The molecule has 0 saturated carbocycles. The van der Waals surface area contributed by atoms with Gasteiger partial charge in [0.1, 0.15) is 18.4 Å². The Morgan fingerprint density at radius 2 is 1.94 bits per heavy atom. The van der Waals surface area contributed by atoms with Gasteiger partial charge in [0.2, 0.25) is 0 Å². The lowest BCUT2D eigenvalue weighted by atomic mass is 10.4. The third-order valence-electron chi connectivity index (χ3n) is 1.70. The Morgan fingerprint density at radius 3 is 2.50 bits per heavy atom. The summed E-state index contributed by atoms with van der Waals surface area (Å²) in [6.45, 7) is -1.57. The van der Waals surface area contributed by atoms with Crippen molar-refractivity contribution in [2.45, 2.75) is 19.4 Å². The summed E-state index contributed by atoms with van der Waals surface area (Å²) in [5.74, 6) is 0.0690. The van der Waals surface area contributed by atoms with Gasteiger partial charge in [0, 0.05) is 7.11 Å². The standard InChI is InChI=1S/C9H9BrClF3N2O2/c1-17-2-5-7(10)8(11)16-6(15-5)3-18-4-9(12,13)14/h2-4H2,1H3. The quantitative estimate of drug-likeness (QED) is 0.766. The highest BCUT2D eigenvalue weighted by atomic mass is 79.9. The van der Waals surface area contributed by atoms with E-state index in [0.717, 1.165) is 0 Å². The fraction of sp³-hybridized carbons (Fsp3) is 0.556. The number of aromatic nitrogens is 2. The molecule has 0 fully saturated rings. The van der Waals surface area contributed by atoms with Gasteiger partial charge in [-0.1, -0.05) is 11.6 Å². The van der Waals surface area contributed by atoms with Crippen LogP contribution < -0.4 is 0 Å². The van der Waals surface area contributed by atoms with Gasteiger partial charge in [-0.15, -0.1) is 0 Å². The highest BCUT2D eigenvalue weighted by Crippen LogP contribution is 2.24. The summed E-state index contributed by atoms with van der Waals surface area (Å²) in [4.78, 5) is 7.78. The summed E-state index contributed by atoms with van der Waals surface area (Å²) < 4.78 is 45.4. The molecule has 0 atom stereocenters. The van der Waals surface area contributed by atoms with E-state index in [1.165, 1.54) is 7.11 Å². The maximum absolute atomic E-state index is 11.9. The molecule has 0 N–H and O–H groups in total. The fourth-order valence-electron chi connectivity index (χ4n) is 1.07. The SMILES string of the molecule is COCc1nc(COCC(F)(F)F)nc(Cl)c1Br. The maximum atomic E-state index is 11.9. The minimum absolute atomic E-state index is 0.0690. The van der Waals surface area contributed by atoms with Gasteiger partial charge in [0.25, 0.3) is 0 Å². The fourth-order valence-corrected chi connectivity index (χ4v) is 1.56. The maximum Gasteiger partial charge on any atom is 0.411 e. The van der Waals surface area contributed by atoms with E-state index in [0.29, 0.717) is 10.2 Å². The molecular formula is C9H9BrClF3N2O2. The lowest BCUT2D eigenvalue weighted by Crippen LogP contribution is -2.17. The molecule has 1 aromatic rings. The van der Waals surface area contributed by atoms with Gasteiger partial charge in [-0.25, -0.2) is 9.97 Å². The molecule has 4 nitrogen and oxygen atoms in total. The summed E-state index contributed by atoms with van der Waals surface area (Å²) >= 11 is 8.95. The summed E-state index contributed by atoms with van der Waals surface area (Å²) in [6.07, 6.45) is -4.38. The van der Waals surface area contributed by atoms with Crippen LogP contribution >= 0.6 is 27.5 Å². The Hall–Kier alpha value is -0.440. The van der Waals surface area contributed by atoms with E-state index in [-0.39, 0.29) is 24.2 Å². The number of nitrogens with zero attached hydrogens (tertiary/aromatic N) is 2. The van der Waals surface area contributed by atoms with Crippen LogP contribution in [0, 0.1) is 0 Å². The molecular weight excluding hydrogens is 340 g/mol. The Kier molecular flexibility index (Phi) is 5.77. The van der Waals surface area contributed by atoms with Crippen molar-refractivity contribution >= 4 is 27.5 Å². The Bertz CT molecular complexity index is 418. The van der Waals surface area contributed by atoms with Crippen molar-refractivity contribution < 1.29 is 22.6 Å². The number of hydrogen-bond donors (Lipinski definition) is 0. The molecule has 0 aliphatic carbocycles. The summed E-state index contributed by atoms with van der Waals surface area (Å²) in [5.41, 5.74) is 0.447. The van der Waals surface area contributed by atoms with Crippen LogP contribution in [0.5, 0.6) is 0 Å². The first-order valence-electron chi connectivity index (χ1n) is 4.67. The third-order valence-corrected chi connectivity index (χ3v) is 3.04. The monoisotopic (exact) mass is 348 g/mol. The first-order chi connectivity index (χ1) is 8.33. The normalized spacial score (nSPS) is 11.9. The van der Waals surface area contributed by atoms with E-state index in [1.807, 2.05) is 0 Å². The zero-order valence-corrected chi connectivity index (χ0v) is 11.6. The average Bonchev–Trinajstić information content (AvgIpc) is 2.23. The first-order valence-corrected chi connectivity index (χ1v) is 5.85. The van der Waals surface area contributed by atoms with Crippen LogP contribution in [0.4, 0.5) is 13.2 Å². The number of rotatable bonds is 5. The minimum atomic E-state index is -4.38. The first kappa shape index (κ1) is 15.6. The molecule has 1 heterocycles. The van der Waals surface area contributed by atoms with Crippen molar-refractivity contribution in [3.8, 4) is 0 Å². The molecule has 0 spiro atoms. The zero-order chi connectivity index (χ0) is 13.8. The molecule has 0 aliphatic rings. The van der Waals surface area contributed by atoms with Crippen LogP contribution in [0.3, 0.4) is 0 Å². The zero-order valence-electron chi connectivity index (χ0n) is 9.22. The molecule has 0 radical (unpaired) electrons. The highest BCUT2D eigenvalue weighted by Gasteiger charge is 2.27. The van der Waals surface area contributed by atoms with Crippen LogP contribution in [-0.4, -0.2) is 29.9 Å². The summed E-state index contributed by atoms with van der Waals surface area (Å²) in [7, 11) is 1.46. The summed E-state index contributed by atoms with van der Waals surface area (Å²) in [5, 5.41) is 0.0997. The van der Waals surface area contributed by atoms with Crippen molar-refractivity contribution in [2.24, 2.45) is 0 Å². The average molecular weight is 350 g/mol. The number of methoxy groups -OCH3 is 1. The van der Waals surface area contributed by atoms with Gasteiger partial charge >= 0.3 is 6.18 Å². The number of ether oxygens (including phenoxy) is 2. The van der Waals surface area contributed by atoms with Gasteiger partial charge in [-0.05, 0) is 15.9 Å². The summed E-state index contributed by atoms with van der Waals surface area (Å²) in [6, 6.07) is 0. The van der Waals surface area contributed by atoms with Crippen LogP contribution in [-0.2, 0) is 22.7 Å². The number of hydrogen-bond acceptors (Lipinski definition) is 4. The van der Waals surface area contributed by atoms with Crippen molar-refractivity contribution in [3.63, 3.8) is 0 Å². The van der Waals surface area contributed by atoms with Crippen LogP contribution in [0.15, 0.2) is 4.47 Å². The van der Waals surface area contributed by atoms with Crippen molar-refractivity contribution in [1.82, 2.24) is 9.97 Å². The van der Waals surface area contributed by atoms with E-state index < -0.39 is 12.8 Å². The van der Waals surface area contributed by atoms with E-state index >= 15 is 0 Å². The molecule has 0 aliphatic heterocycles. The van der Waals surface area contributed by atoms with E-state index in [4.69, 9.17) is 16.3 Å². The molecule has 0 saturated heterocycles. The second-order valence-electron chi connectivity index (χ2n) is 3.23. The third kappa shape index (κ3) is 5.05. The predicted octanol–water partition coefficient (Wildman–Crippen LogP) is 3.12. The van der Waals surface area contributed by atoms with Crippen LogP contribution in [0.2, 0.25) is 5.15 Å². The van der Waals surface area contributed by atoms with Crippen molar-refractivity contribution in [3.05, 3.63) is 21.1 Å². The van der Waals surface area contributed by atoms with E-state index in [9.17, 15) is 13.2 Å². The highest BCUT2D eigenvalue weighted by molar-refractivity contribution is 9.10. The predicted molar refractivity (Wildman–Crippen MR) is 61.2 cm³/mol. The topological polar surface area (TPSA) is 44.2 Å². The molecule has 1 aromatic heterocycles. The number of alkyl halides is 3. The number of halogens is 5. The van der Waals surface area contributed by atoms with E-state index in [2.05, 4.69) is 30.6 Å². The minimum Gasteiger partial charge on any atom is -0.378 e. The molecule has 18 heavy (non-hydrogen) atoms. The Morgan fingerprint density at radius 1 is 1.28 bits per heavy atom. The van der Waals surface area contributed by atoms with Gasteiger partial charge in [-0.3, -0.25) is 0 Å². The lowest BCUT2D eigenvalue weighted by Gasteiger charge is -2.09. The van der Waals surface area contributed by atoms with Crippen LogP contribution in [0.25, 0.3) is 0 Å². The van der Waals surface area contributed by atoms with Crippen molar-refractivity contribution in [1.29, 1.82) is 0 Å². The molecule has 0 aromatic carbocycles. The molecule has 102 valence electrons. The molecule has 1 rings (SSSR count). The van der Waals surface area contributed by atoms with Gasteiger partial charge in [-0.2, -0.15) is 13.2 Å². The smallest absolute Gasteiger partial charge is 0.378 e. The van der Waals surface area contributed by atoms with Crippen LogP contribution in [0.1, 0.15) is 11.5 Å². The molecule has 0 amide bonds. The van der Waals surface area contributed by atoms with Gasteiger partial charge < -0.3 is 9.47 Å². The second-order valence-corrected chi connectivity index (χ2v) is 4.38. The molecule has 9 heteroatoms. The molecule has 0 bridgehead atoms. The lowest BCUT2D eigenvalue weighted by molar-refractivity contribution is -0.177. The van der Waals surface area contributed by atoms with Crippen molar-refractivity contribution in [2.75, 3.05) is 13.7 Å². The Balaban J connectivity index is 2.72. The second kappa shape index (κ2) is 6.65. The van der Waals surface area contributed by atoms with E-state index in [1.54, 1.807) is 0 Å². The Labute approximate surface area is 115 Å². The largest absolute Gasteiger partial charge is 0.411 e. The van der Waals surface area contributed by atoms with Gasteiger partial charge in [0.15, 0.2) is 5.82 Å². The van der Waals surface area contributed by atoms with Gasteiger partial charge in [0.05, 0.1) is 16.8 Å².